The smallest absolute Gasteiger partial charge is 0.283 e. The van der Waals surface area contributed by atoms with Crippen molar-refractivity contribution in [2.75, 3.05) is 26.2 Å². The molecular weight excluding hydrogens is 267 g/mol. The molecule has 118 valence electrons. The average molecular weight is 294 g/mol. The van der Waals surface area contributed by atoms with E-state index in [1.807, 2.05) is 27.7 Å². The maximum absolute atomic E-state index is 12.2. The third kappa shape index (κ3) is 6.08. The molecule has 0 saturated carbocycles. The number of amides is 2. The summed E-state index contributed by atoms with van der Waals surface area (Å²) in [4.78, 5) is 27.9. The van der Waals surface area contributed by atoms with Crippen molar-refractivity contribution in [2.24, 2.45) is 11.8 Å². The Kier molecular flexibility index (Phi) is 7.22. The zero-order chi connectivity index (χ0) is 16.0. The van der Waals surface area contributed by atoms with Gasteiger partial charge in [0.1, 0.15) is 0 Å². The summed E-state index contributed by atoms with van der Waals surface area (Å²) in [5, 5.41) is 0. The lowest BCUT2D eigenvalue weighted by Gasteiger charge is -2.24. The van der Waals surface area contributed by atoms with Gasteiger partial charge in [-0.2, -0.15) is 0 Å². The predicted octanol–water partition coefficient (Wildman–Crippen LogP) is 1.22. The largest absolute Gasteiger partial charge is 0.442 e. The van der Waals surface area contributed by atoms with Gasteiger partial charge < -0.3 is 14.5 Å². The van der Waals surface area contributed by atoms with E-state index >= 15 is 0 Å². The lowest BCUT2D eigenvalue weighted by molar-refractivity contribution is -0.134. The molecule has 21 heavy (non-hydrogen) atoms. The number of carbonyl (C=O) groups is 2. The van der Waals surface area contributed by atoms with Crippen molar-refractivity contribution in [3.63, 3.8) is 0 Å². The lowest BCUT2D eigenvalue weighted by atomic mass is 10.1. The molecule has 1 saturated heterocycles. The summed E-state index contributed by atoms with van der Waals surface area (Å²) in [5.74, 6) is 0.837. The second-order valence-electron chi connectivity index (χ2n) is 6.63. The van der Waals surface area contributed by atoms with Crippen LogP contribution in [-0.4, -0.2) is 61.9 Å². The Balaban J connectivity index is 2.68. The summed E-state index contributed by atoms with van der Waals surface area (Å²) in [5.41, 5.74) is 0. The Bertz CT molecular complexity index is 329. The fourth-order valence-electron chi connectivity index (χ4n) is 2.47. The summed E-state index contributed by atoms with van der Waals surface area (Å²) in [7, 11) is 5.32. The van der Waals surface area contributed by atoms with Crippen molar-refractivity contribution < 1.29 is 14.2 Å². The van der Waals surface area contributed by atoms with Gasteiger partial charge in [0.25, 0.3) is 8.05 Å². The second-order valence-corrected chi connectivity index (χ2v) is 6.63. The van der Waals surface area contributed by atoms with E-state index in [9.17, 15) is 9.59 Å². The zero-order valence-corrected chi connectivity index (χ0v) is 13.7. The van der Waals surface area contributed by atoms with E-state index in [0.717, 1.165) is 0 Å². The molecular formula is C15H27BN2O3. The highest BCUT2D eigenvalue weighted by molar-refractivity contribution is 5.98. The molecule has 2 amide bonds. The third-order valence-corrected chi connectivity index (χ3v) is 3.55. The number of nitrogens with zero attached hydrogens (tertiary/aromatic N) is 2. The van der Waals surface area contributed by atoms with Gasteiger partial charge in [0.05, 0.1) is 6.10 Å². The average Bonchev–Trinajstić information content (AvgIpc) is 2.59. The molecule has 0 atom stereocenters. The standard InChI is InChI=1S/C15H27BN2O3/c1-11(2)7-14(19)17-5-6-18(10-13(9-17)21-16)15(20)8-12(3)4/h11-13H,5-10H2,1-4H3. The molecule has 6 heteroatoms. The first-order valence-electron chi connectivity index (χ1n) is 7.74. The van der Waals surface area contributed by atoms with E-state index in [0.29, 0.717) is 50.9 Å². The minimum atomic E-state index is -0.320. The molecule has 1 rings (SSSR count). The van der Waals surface area contributed by atoms with Gasteiger partial charge in [0, 0.05) is 39.0 Å². The molecule has 0 bridgehead atoms. The van der Waals surface area contributed by atoms with Crippen LogP contribution in [0.4, 0.5) is 0 Å². The number of carbonyl (C=O) groups excluding carboxylic acids is 2. The molecule has 1 heterocycles. The number of rotatable bonds is 5. The minimum Gasteiger partial charge on any atom is -0.442 e. The molecule has 2 radical (unpaired) electrons. The van der Waals surface area contributed by atoms with Crippen LogP contribution in [0.5, 0.6) is 0 Å². The van der Waals surface area contributed by atoms with Crippen LogP contribution < -0.4 is 0 Å². The second kappa shape index (κ2) is 8.42. The maximum atomic E-state index is 12.2. The van der Waals surface area contributed by atoms with Gasteiger partial charge in [-0.3, -0.25) is 9.59 Å². The molecule has 1 fully saturated rings. The van der Waals surface area contributed by atoms with Crippen LogP contribution in [0.15, 0.2) is 0 Å². The van der Waals surface area contributed by atoms with Crippen molar-refractivity contribution in [3.8, 4) is 0 Å². The quantitative estimate of drug-likeness (QED) is 0.716. The van der Waals surface area contributed by atoms with Crippen molar-refractivity contribution in [1.29, 1.82) is 0 Å². The monoisotopic (exact) mass is 294 g/mol. The van der Waals surface area contributed by atoms with Gasteiger partial charge in [-0.05, 0) is 11.8 Å². The normalized spacial score (nSPS) is 17.4. The summed E-state index contributed by atoms with van der Waals surface area (Å²) in [6.45, 7) is 10.1. The fourth-order valence-corrected chi connectivity index (χ4v) is 2.47. The predicted molar refractivity (Wildman–Crippen MR) is 82.7 cm³/mol. The van der Waals surface area contributed by atoms with Gasteiger partial charge in [-0.1, -0.05) is 27.7 Å². The first kappa shape index (κ1) is 18.0. The van der Waals surface area contributed by atoms with E-state index in [1.165, 1.54) is 0 Å². The summed E-state index contributed by atoms with van der Waals surface area (Å²) < 4.78 is 4.95. The fraction of sp³-hybridized carbons (Fsp3) is 0.867. The van der Waals surface area contributed by atoms with Gasteiger partial charge in [-0.25, -0.2) is 0 Å². The highest BCUT2D eigenvalue weighted by Gasteiger charge is 2.27. The Labute approximate surface area is 129 Å². The highest BCUT2D eigenvalue weighted by Crippen LogP contribution is 2.13. The van der Waals surface area contributed by atoms with Crippen molar-refractivity contribution in [2.45, 2.75) is 46.6 Å². The van der Waals surface area contributed by atoms with Crippen LogP contribution in [0.25, 0.3) is 0 Å². The molecule has 0 spiro atoms. The molecule has 0 aliphatic carbocycles. The van der Waals surface area contributed by atoms with Gasteiger partial charge in [0.15, 0.2) is 0 Å². The summed E-state index contributed by atoms with van der Waals surface area (Å²) in [6, 6.07) is 0. The first-order valence-corrected chi connectivity index (χ1v) is 7.74. The molecule has 1 aliphatic heterocycles. The highest BCUT2D eigenvalue weighted by atomic mass is 16.4. The Morgan fingerprint density at radius 3 is 1.67 bits per heavy atom. The maximum Gasteiger partial charge on any atom is 0.283 e. The molecule has 5 nitrogen and oxygen atoms in total. The van der Waals surface area contributed by atoms with Crippen LogP contribution in [0, 0.1) is 11.8 Å². The van der Waals surface area contributed by atoms with Crippen LogP contribution in [0.2, 0.25) is 0 Å². The first-order chi connectivity index (χ1) is 9.83. The molecule has 0 aromatic carbocycles. The van der Waals surface area contributed by atoms with Crippen LogP contribution in [0.1, 0.15) is 40.5 Å². The van der Waals surface area contributed by atoms with Crippen LogP contribution >= 0.6 is 0 Å². The molecule has 0 N–H and O–H groups in total. The van der Waals surface area contributed by atoms with E-state index < -0.39 is 0 Å². The van der Waals surface area contributed by atoms with Crippen molar-refractivity contribution in [1.82, 2.24) is 9.80 Å². The van der Waals surface area contributed by atoms with Crippen LogP contribution in [-0.2, 0) is 14.2 Å². The van der Waals surface area contributed by atoms with E-state index in [4.69, 9.17) is 12.7 Å². The van der Waals surface area contributed by atoms with Gasteiger partial charge >= 0.3 is 0 Å². The van der Waals surface area contributed by atoms with E-state index in [-0.39, 0.29) is 17.9 Å². The third-order valence-electron chi connectivity index (χ3n) is 3.55. The van der Waals surface area contributed by atoms with Crippen LogP contribution in [0.3, 0.4) is 0 Å². The zero-order valence-electron chi connectivity index (χ0n) is 13.7. The number of hydrogen-bond acceptors (Lipinski definition) is 3. The Morgan fingerprint density at radius 1 is 1.00 bits per heavy atom. The minimum absolute atomic E-state index is 0.102. The molecule has 1 aliphatic rings. The van der Waals surface area contributed by atoms with Gasteiger partial charge in [-0.15, -0.1) is 0 Å². The van der Waals surface area contributed by atoms with E-state index in [1.54, 1.807) is 9.80 Å². The van der Waals surface area contributed by atoms with Gasteiger partial charge in [0.2, 0.25) is 11.8 Å². The molecule has 0 unspecified atom stereocenters. The van der Waals surface area contributed by atoms with Crippen molar-refractivity contribution in [3.05, 3.63) is 0 Å². The Morgan fingerprint density at radius 2 is 1.38 bits per heavy atom. The molecule has 0 aromatic heterocycles. The lowest BCUT2D eigenvalue weighted by Crippen LogP contribution is -2.39. The molecule has 0 aromatic rings. The Hall–Kier alpha value is -1.04. The summed E-state index contributed by atoms with van der Waals surface area (Å²) >= 11 is 0. The summed E-state index contributed by atoms with van der Waals surface area (Å²) in [6.07, 6.45) is 0.703. The van der Waals surface area contributed by atoms with E-state index in [2.05, 4.69) is 0 Å². The van der Waals surface area contributed by atoms with Crippen molar-refractivity contribution >= 4 is 19.9 Å². The SMILES string of the molecule is [B]OC1CN(C(=O)CC(C)C)CCN(C(=O)CC(C)C)C1. The number of hydrogen-bond donors (Lipinski definition) is 0. The topological polar surface area (TPSA) is 49.9 Å².